The molecule has 0 aromatic heterocycles. The standard InChI is InChI=1S/C6H9FN2.ClH/c7-6-4-9-3-5(6)1-2-8;/h5-6,9H,1,3-4H2;1H. The highest BCUT2D eigenvalue weighted by molar-refractivity contribution is 5.85. The highest BCUT2D eigenvalue weighted by atomic mass is 35.5. The van der Waals surface area contributed by atoms with E-state index in [1.807, 2.05) is 6.07 Å². The normalized spacial score (nSPS) is 30.8. The molecule has 0 spiro atoms. The number of hydrogen-bond acceptors (Lipinski definition) is 2. The second-order valence-electron chi connectivity index (χ2n) is 2.30. The van der Waals surface area contributed by atoms with Crippen LogP contribution in [0.25, 0.3) is 0 Å². The highest BCUT2D eigenvalue weighted by Crippen LogP contribution is 2.15. The number of hydrogen-bond donors (Lipinski definition) is 1. The van der Waals surface area contributed by atoms with Gasteiger partial charge < -0.3 is 5.32 Å². The highest BCUT2D eigenvalue weighted by Gasteiger charge is 2.25. The average molecular weight is 165 g/mol. The van der Waals surface area contributed by atoms with E-state index in [0.717, 1.165) is 0 Å². The summed E-state index contributed by atoms with van der Waals surface area (Å²) in [5, 5.41) is 11.1. The summed E-state index contributed by atoms with van der Waals surface area (Å²) in [5.74, 6) is -0.0602. The number of halogens is 2. The van der Waals surface area contributed by atoms with Crippen molar-refractivity contribution in [1.29, 1.82) is 5.26 Å². The van der Waals surface area contributed by atoms with Gasteiger partial charge in [0.25, 0.3) is 0 Å². The fourth-order valence-corrected chi connectivity index (χ4v) is 1.02. The van der Waals surface area contributed by atoms with Crippen molar-refractivity contribution in [3.05, 3.63) is 0 Å². The smallest absolute Gasteiger partial charge is 0.117 e. The van der Waals surface area contributed by atoms with Gasteiger partial charge in [-0.15, -0.1) is 12.4 Å². The van der Waals surface area contributed by atoms with Crippen molar-refractivity contribution in [2.45, 2.75) is 12.6 Å². The van der Waals surface area contributed by atoms with Gasteiger partial charge in [-0.25, -0.2) is 4.39 Å². The molecular formula is C6H10ClFN2. The first-order chi connectivity index (χ1) is 4.34. The molecule has 0 aromatic carbocycles. The lowest BCUT2D eigenvalue weighted by atomic mass is 10.1. The third-order valence-corrected chi connectivity index (χ3v) is 1.61. The maximum Gasteiger partial charge on any atom is 0.117 e. The van der Waals surface area contributed by atoms with Crippen LogP contribution in [-0.2, 0) is 0 Å². The molecule has 1 heterocycles. The Balaban J connectivity index is 0.000000810. The van der Waals surface area contributed by atoms with Gasteiger partial charge in [-0.3, -0.25) is 0 Å². The molecule has 0 aromatic rings. The molecule has 1 fully saturated rings. The van der Waals surface area contributed by atoms with Gasteiger partial charge in [-0.2, -0.15) is 5.26 Å². The topological polar surface area (TPSA) is 35.8 Å². The molecule has 0 bridgehead atoms. The Labute approximate surface area is 65.8 Å². The summed E-state index contributed by atoms with van der Waals surface area (Å²) >= 11 is 0. The Hall–Kier alpha value is -0.330. The van der Waals surface area contributed by atoms with Gasteiger partial charge in [0.15, 0.2) is 0 Å². The molecule has 0 aliphatic carbocycles. The van der Waals surface area contributed by atoms with E-state index in [9.17, 15) is 4.39 Å². The number of alkyl halides is 1. The van der Waals surface area contributed by atoms with Gasteiger partial charge in [0.1, 0.15) is 6.17 Å². The summed E-state index contributed by atoms with van der Waals surface area (Å²) < 4.78 is 12.6. The first kappa shape index (κ1) is 9.67. The summed E-state index contributed by atoms with van der Waals surface area (Å²) in [7, 11) is 0. The molecule has 2 nitrogen and oxygen atoms in total. The molecule has 0 saturated carbocycles. The van der Waals surface area contributed by atoms with Crippen LogP contribution >= 0.6 is 12.4 Å². The fraction of sp³-hybridized carbons (Fsp3) is 0.833. The SMILES string of the molecule is Cl.N#CCC1CNCC1F. The first-order valence-corrected chi connectivity index (χ1v) is 3.06. The van der Waals surface area contributed by atoms with Crippen LogP contribution < -0.4 is 5.32 Å². The van der Waals surface area contributed by atoms with Gasteiger partial charge in [0.2, 0.25) is 0 Å². The molecule has 1 aliphatic heterocycles. The van der Waals surface area contributed by atoms with Crippen LogP contribution in [-0.4, -0.2) is 19.3 Å². The van der Waals surface area contributed by atoms with Crippen molar-refractivity contribution in [3.63, 3.8) is 0 Å². The van der Waals surface area contributed by atoms with E-state index < -0.39 is 6.17 Å². The molecule has 2 unspecified atom stereocenters. The second-order valence-corrected chi connectivity index (χ2v) is 2.30. The number of rotatable bonds is 1. The molecule has 1 saturated heterocycles. The third kappa shape index (κ3) is 2.13. The summed E-state index contributed by atoms with van der Waals surface area (Å²) in [4.78, 5) is 0. The van der Waals surface area contributed by atoms with Gasteiger partial charge in [-0.1, -0.05) is 0 Å². The lowest BCUT2D eigenvalue weighted by Gasteiger charge is -2.03. The molecule has 1 rings (SSSR count). The molecule has 2 atom stereocenters. The Morgan fingerprint density at radius 3 is 2.70 bits per heavy atom. The van der Waals surface area contributed by atoms with E-state index in [1.165, 1.54) is 0 Å². The van der Waals surface area contributed by atoms with Crippen molar-refractivity contribution in [2.75, 3.05) is 13.1 Å². The van der Waals surface area contributed by atoms with E-state index >= 15 is 0 Å². The van der Waals surface area contributed by atoms with Crippen LogP contribution in [0.2, 0.25) is 0 Å². The molecule has 58 valence electrons. The monoisotopic (exact) mass is 164 g/mol. The predicted molar refractivity (Wildman–Crippen MR) is 38.7 cm³/mol. The Kier molecular flexibility index (Phi) is 4.33. The van der Waals surface area contributed by atoms with E-state index in [0.29, 0.717) is 19.5 Å². The van der Waals surface area contributed by atoms with Crippen LogP contribution in [0.5, 0.6) is 0 Å². The molecule has 0 radical (unpaired) electrons. The Bertz CT molecular complexity index is 134. The number of nitrogens with one attached hydrogen (secondary N) is 1. The summed E-state index contributed by atoms with van der Waals surface area (Å²) in [6, 6.07) is 1.96. The lowest BCUT2D eigenvalue weighted by molar-refractivity contribution is 0.286. The summed E-state index contributed by atoms with van der Waals surface area (Å²) in [5.41, 5.74) is 0. The van der Waals surface area contributed by atoms with Crippen LogP contribution in [0.4, 0.5) is 4.39 Å². The largest absolute Gasteiger partial charge is 0.313 e. The van der Waals surface area contributed by atoms with Crippen molar-refractivity contribution in [1.82, 2.24) is 5.32 Å². The molecule has 10 heavy (non-hydrogen) atoms. The van der Waals surface area contributed by atoms with E-state index in [1.54, 1.807) is 0 Å². The number of nitrogens with zero attached hydrogens (tertiary/aromatic N) is 1. The van der Waals surface area contributed by atoms with Crippen LogP contribution in [0.15, 0.2) is 0 Å². The minimum Gasteiger partial charge on any atom is -0.313 e. The quantitative estimate of drug-likeness (QED) is 0.625. The van der Waals surface area contributed by atoms with Gasteiger partial charge in [-0.05, 0) is 0 Å². The van der Waals surface area contributed by atoms with E-state index in [-0.39, 0.29) is 18.3 Å². The van der Waals surface area contributed by atoms with Crippen molar-refractivity contribution < 1.29 is 4.39 Å². The maximum absolute atomic E-state index is 12.6. The second kappa shape index (κ2) is 4.48. The van der Waals surface area contributed by atoms with Crippen LogP contribution in [0.1, 0.15) is 6.42 Å². The van der Waals surface area contributed by atoms with Crippen molar-refractivity contribution in [2.24, 2.45) is 5.92 Å². The van der Waals surface area contributed by atoms with Gasteiger partial charge >= 0.3 is 0 Å². The van der Waals surface area contributed by atoms with Crippen molar-refractivity contribution >= 4 is 12.4 Å². The van der Waals surface area contributed by atoms with Crippen molar-refractivity contribution in [3.8, 4) is 6.07 Å². The van der Waals surface area contributed by atoms with Crippen LogP contribution in [0.3, 0.4) is 0 Å². The summed E-state index contributed by atoms with van der Waals surface area (Å²) in [6.45, 7) is 1.08. The maximum atomic E-state index is 12.6. The zero-order valence-electron chi connectivity index (χ0n) is 5.51. The van der Waals surface area contributed by atoms with Gasteiger partial charge in [0.05, 0.1) is 6.07 Å². The number of nitriles is 1. The van der Waals surface area contributed by atoms with E-state index in [4.69, 9.17) is 5.26 Å². The zero-order valence-corrected chi connectivity index (χ0v) is 6.33. The predicted octanol–water partition coefficient (Wildman–Crippen LogP) is 0.879. The van der Waals surface area contributed by atoms with Crippen LogP contribution in [0, 0.1) is 17.2 Å². The summed E-state index contributed by atoms with van der Waals surface area (Å²) in [6.07, 6.45) is -0.460. The molecule has 1 N–H and O–H groups in total. The Morgan fingerprint density at radius 2 is 2.30 bits per heavy atom. The zero-order chi connectivity index (χ0) is 6.69. The minimum atomic E-state index is -0.801. The molecular weight excluding hydrogens is 155 g/mol. The first-order valence-electron chi connectivity index (χ1n) is 3.06. The fourth-order valence-electron chi connectivity index (χ4n) is 1.02. The lowest BCUT2D eigenvalue weighted by Crippen LogP contribution is -2.11. The minimum absolute atomic E-state index is 0. The Morgan fingerprint density at radius 1 is 1.60 bits per heavy atom. The third-order valence-electron chi connectivity index (χ3n) is 1.61. The van der Waals surface area contributed by atoms with Gasteiger partial charge in [0, 0.05) is 25.4 Å². The van der Waals surface area contributed by atoms with E-state index in [2.05, 4.69) is 5.32 Å². The molecule has 4 heteroatoms. The average Bonchev–Trinajstić information content (AvgIpc) is 2.18. The molecule has 0 amide bonds. The molecule has 1 aliphatic rings.